The second-order valence-electron chi connectivity index (χ2n) is 3.52. The molecule has 0 saturated carbocycles. The molecule has 1 aliphatic heterocycles. The first-order chi connectivity index (χ1) is 6.79. The number of benzene rings is 1. The van der Waals surface area contributed by atoms with E-state index >= 15 is 0 Å². The molecule has 1 fully saturated rings. The standard InChI is InChI=1S/C11H13FO2/c12-9-5-2-1-4-8(9)11(13)10-6-3-7-14-10/h1-2,4-5,10-11,13H,3,6-7H2. The van der Waals surface area contributed by atoms with Gasteiger partial charge in [-0.2, -0.15) is 0 Å². The molecule has 14 heavy (non-hydrogen) atoms. The fourth-order valence-electron chi connectivity index (χ4n) is 1.77. The molecule has 0 aliphatic carbocycles. The molecular weight excluding hydrogens is 183 g/mol. The van der Waals surface area contributed by atoms with Crippen LogP contribution < -0.4 is 0 Å². The van der Waals surface area contributed by atoms with Crippen molar-refractivity contribution in [2.75, 3.05) is 6.61 Å². The lowest BCUT2D eigenvalue weighted by molar-refractivity contribution is -0.00425. The molecule has 0 aromatic heterocycles. The number of aliphatic hydroxyl groups is 1. The Bertz CT molecular complexity index is 308. The minimum Gasteiger partial charge on any atom is -0.386 e. The molecule has 2 unspecified atom stereocenters. The molecule has 2 rings (SSSR count). The van der Waals surface area contributed by atoms with Crippen molar-refractivity contribution in [2.24, 2.45) is 0 Å². The van der Waals surface area contributed by atoms with Gasteiger partial charge in [-0.3, -0.25) is 0 Å². The van der Waals surface area contributed by atoms with Gasteiger partial charge in [0, 0.05) is 12.2 Å². The number of hydrogen-bond acceptors (Lipinski definition) is 2. The van der Waals surface area contributed by atoms with Gasteiger partial charge in [-0.05, 0) is 18.9 Å². The molecule has 0 bridgehead atoms. The highest BCUT2D eigenvalue weighted by Gasteiger charge is 2.26. The minimum atomic E-state index is -0.835. The predicted octanol–water partition coefficient (Wildman–Crippen LogP) is 2.04. The van der Waals surface area contributed by atoms with Crippen molar-refractivity contribution >= 4 is 0 Å². The lowest BCUT2D eigenvalue weighted by atomic mass is 10.0. The average molecular weight is 196 g/mol. The molecule has 2 atom stereocenters. The molecule has 1 aliphatic rings. The summed E-state index contributed by atoms with van der Waals surface area (Å²) in [4.78, 5) is 0. The number of halogens is 1. The summed E-state index contributed by atoms with van der Waals surface area (Å²) < 4.78 is 18.6. The second-order valence-corrected chi connectivity index (χ2v) is 3.52. The molecule has 1 saturated heterocycles. The van der Waals surface area contributed by atoms with Crippen LogP contribution >= 0.6 is 0 Å². The van der Waals surface area contributed by atoms with Gasteiger partial charge in [-0.25, -0.2) is 4.39 Å². The molecule has 0 radical (unpaired) electrons. The van der Waals surface area contributed by atoms with Gasteiger partial charge in [-0.15, -0.1) is 0 Å². The molecule has 1 N–H and O–H groups in total. The lowest BCUT2D eigenvalue weighted by Crippen LogP contribution is -2.18. The van der Waals surface area contributed by atoms with Gasteiger partial charge in [0.05, 0.1) is 6.10 Å². The Labute approximate surface area is 82.3 Å². The molecule has 1 aromatic carbocycles. The largest absolute Gasteiger partial charge is 0.386 e. The van der Waals surface area contributed by atoms with Crippen molar-refractivity contribution in [1.82, 2.24) is 0 Å². The first-order valence-corrected chi connectivity index (χ1v) is 4.83. The summed E-state index contributed by atoms with van der Waals surface area (Å²) in [7, 11) is 0. The second kappa shape index (κ2) is 4.07. The van der Waals surface area contributed by atoms with E-state index in [2.05, 4.69) is 0 Å². The normalized spacial score (nSPS) is 23.7. The smallest absolute Gasteiger partial charge is 0.129 e. The maximum atomic E-state index is 13.3. The predicted molar refractivity (Wildman–Crippen MR) is 50.3 cm³/mol. The number of aliphatic hydroxyl groups excluding tert-OH is 1. The summed E-state index contributed by atoms with van der Waals surface area (Å²) in [6.45, 7) is 0.663. The lowest BCUT2D eigenvalue weighted by Gasteiger charge is -2.17. The summed E-state index contributed by atoms with van der Waals surface area (Å²) in [5, 5.41) is 9.84. The molecule has 0 amide bonds. The fraction of sp³-hybridized carbons (Fsp3) is 0.455. The van der Waals surface area contributed by atoms with Gasteiger partial charge in [0.15, 0.2) is 0 Å². The molecule has 3 heteroatoms. The highest BCUT2D eigenvalue weighted by Crippen LogP contribution is 2.27. The first kappa shape index (κ1) is 9.62. The Morgan fingerprint density at radius 3 is 2.86 bits per heavy atom. The van der Waals surface area contributed by atoms with Gasteiger partial charge in [0.2, 0.25) is 0 Å². The van der Waals surface area contributed by atoms with Crippen LogP contribution in [0, 0.1) is 5.82 Å². The van der Waals surface area contributed by atoms with Crippen LogP contribution in [0.1, 0.15) is 24.5 Å². The highest BCUT2D eigenvalue weighted by molar-refractivity contribution is 5.20. The van der Waals surface area contributed by atoms with Crippen molar-refractivity contribution in [3.8, 4) is 0 Å². The highest BCUT2D eigenvalue weighted by atomic mass is 19.1. The summed E-state index contributed by atoms with van der Waals surface area (Å²) in [5.41, 5.74) is 0.333. The van der Waals surface area contributed by atoms with Crippen LogP contribution in [0.2, 0.25) is 0 Å². The summed E-state index contributed by atoms with van der Waals surface area (Å²) >= 11 is 0. The summed E-state index contributed by atoms with van der Waals surface area (Å²) in [5.74, 6) is -0.365. The van der Waals surface area contributed by atoms with Crippen molar-refractivity contribution in [1.29, 1.82) is 0 Å². The fourth-order valence-corrected chi connectivity index (χ4v) is 1.77. The monoisotopic (exact) mass is 196 g/mol. The van der Waals surface area contributed by atoms with E-state index in [1.165, 1.54) is 6.07 Å². The minimum absolute atomic E-state index is 0.244. The summed E-state index contributed by atoms with van der Waals surface area (Å²) in [6.07, 6.45) is 0.664. The molecule has 0 spiro atoms. The quantitative estimate of drug-likeness (QED) is 0.784. The zero-order chi connectivity index (χ0) is 9.97. The SMILES string of the molecule is OC(c1ccccc1F)C1CCCO1. The van der Waals surface area contributed by atoms with Crippen molar-refractivity contribution in [3.63, 3.8) is 0 Å². The third-order valence-electron chi connectivity index (χ3n) is 2.54. The molecular formula is C11H13FO2. The van der Waals surface area contributed by atoms with Gasteiger partial charge >= 0.3 is 0 Å². The van der Waals surface area contributed by atoms with Crippen molar-refractivity contribution < 1.29 is 14.2 Å². The van der Waals surface area contributed by atoms with Crippen LogP contribution in [0.25, 0.3) is 0 Å². The van der Waals surface area contributed by atoms with Crippen LogP contribution in [-0.4, -0.2) is 17.8 Å². The van der Waals surface area contributed by atoms with E-state index in [0.29, 0.717) is 12.2 Å². The van der Waals surface area contributed by atoms with Gasteiger partial charge < -0.3 is 9.84 Å². The summed E-state index contributed by atoms with van der Waals surface area (Å²) in [6, 6.07) is 6.28. The average Bonchev–Trinajstić information content (AvgIpc) is 2.70. The molecule has 1 aromatic rings. The Morgan fingerprint density at radius 1 is 1.43 bits per heavy atom. The zero-order valence-electron chi connectivity index (χ0n) is 7.82. The van der Waals surface area contributed by atoms with E-state index in [1.54, 1.807) is 18.2 Å². The van der Waals surface area contributed by atoms with Crippen molar-refractivity contribution in [3.05, 3.63) is 35.6 Å². The number of rotatable bonds is 2. The van der Waals surface area contributed by atoms with E-state index in [-0.39, 0.29) is 11.9 Å². The van der Waals surface area contributed by atoms with Gasteiger partial charge in [-0.1, -0.05) is 18.2 Å². The van der Waals surface area contributed by atoms with E-state index in [4.69, 9.17) is 4.74 Å². The Hall–Kier alpha value is -0.930. The van der Waals surface area contributed by atoms with Gasteiger partial charge in [0.1, 0.15) is 11.9 Å². The maximum absolute atomic E-state index is 13.3. The molecule has 2 nitrogen and oxygen atoms in total. The Morgan fingerprint density at radius 2 is 2.21 bits per heavy atom. The Kier molecular flexibility index (Phi) is 2.79. The third kappa shape index (κ3) is 1.79. The first-order valence-electron chi connectivity index (χ1n) is 4.83. The van der Waals surface area contributed by atoms with Crippen LogP contribution in [0.4, 0.5) is 4.39 Å². The molecule has 1 heterocycles. The van der Waals surface area contributed by atoms with Gasteiger partial charge in [0.25, 0.3) is 0 Å². The van der Waals surface area contributed by atoms with E-state index in [1.807, 2.05) is 0 Å². The zero-order valence-corrected chi connectivity index (χ0v) is 7.82. The molecule has 76 valence electrons. The maximum Gasteiger partial charge on any atom is 0.129 e. The van der Waals surface area contributed by atoms with E-state index in [9.17, 15) is 9.50 Å². The van der Waals surface area contributed by atoms with E-state index in [0.717, 1.165) is 12.8 Å². The third-order valence-corrected chi connectivity index (χ3v) is 2.54. The van der Waals surface area contributed by atoms with Crippen molar-refractivity contribution in [2.45, 2.75) is 25.0 Å². The van der Waals surface area contributed by atoms with Crippen LogP contribution in [0.3, 0.4) is 0 Å². The number of hydrogen-bond donors (Lipinski definition) is 1. The van der Waals surface area contributed by atoms with Crippen LogP contribution in [0.15, 0.2) is 24.3 Å². The van der Waals surface area contributed by atoms with E-state index < -0.39 is 6.10 Å². The topological polar surface area (TPSA) is 29.5 Å². The van der Waals surface area contributed by atoms with Crippen LogP contribution in [0.5, 0.6) is 0 Å². The number of ether oxygens (including phenoxy) is 1. The van der Waals surface area contributed by atoms with Crippen LogP contribution in [-0.2, 0) is 4.74 Å². The Balaban J connectivity index is 2.17.